The molecule has 2 atom stereocenters. The first-order valence-corrected chi connectivity index (χ1v) is 12.9. The van der Waals surface area contributed by atoms with Crippen molar-refractivity contribution in [2.24, 2.45) is 0 Å². The molecule has 0 spiro atoms. The zero-order valence-corrected chi connectivity index (χ0v) is 22.1. The Hall–Kier alpha value is -3.39. The number of rotatable bonds is 13. The normalized spacial score (nSPS) is 16.0. The molecule has 41 heavy (non-hydrogen) atoms. The van der Waals surface area contributed by atoms with Gasteiger partial charge in [-0.1, -0.05) is 30.3 Å². The molecule has 1 saturated heterocycles. The van der Waals surface area contributed by atoms with Crippen LogP contribution in [0.15, 0.2) is 48.5 Å². The van der Waals surface area contributed by atoms with Crippen LogP contribution in [0.25, 0.3) is 0 Å². The molecule has 14 heteroatoms. The second kappa shape index (κ2) is 13.1. The van der Waals surface area contributed by atoms with Crippen molar-refractivity contribution in [1.29, 1.82) is 0 Å². The van der Waals surface area contributed by atoms with Crippen molar-refractivity contribution in [3.05, 3.63) is 59.7 Å². The summed E-state index contributed by atoms with van der Waals surface area (Å²) in [6, 6.07) is 12.0. The minimum absolute atomic E-state index is 0.0189. The van der Waals surface area contributed by atoms with Crippen LogP contribution in [0, 0.1) is 0 Å². The van der Waals surface area contributed by atoms with Crippen LogP contribution in [-0.4, -0.2) is 73.3 Å². The Labute approximate surface area is 232 Å². The van der Waals surface area contributed by atoms with Crippen LogP contribution in [0.1, 0.15) is 35.7 Å². The van der Waals surface area contributed by atoms with Gasteiger partial charge in [0.25, 0.3) is 5.91 Å². The van der Waals surface area contributed by atoms with Crippen molar-refractivity contribution in [1.82, 2.24) is 10.6 Å². The largest absolute Gasteiger partial charge is 0.459 e. The number of aliphatic hydroxyl groups is 1. The lowest BCUT2D eigenvalue weighted by Crippen LogP contribution is -2.57. The van der Waals surface area contributed by atoms with Crippen molar-refractivity contribution in [2.75, 3.05) is 36.4 Å². The minimum atomic E-state index is -6.47. The predicted molar refractivity (Wildman–Crippen MR) is 138 cm³/mol. The molecule has 0 unspecified atom stereocenters. The summed E-state index contributed by atoms with van der Waals surface area (Å²) in [7, 11) is 0. The monoisotopic (exact) mass is 592 g/mol. The molecule has 0 aliphatic carbocycles. The summed E-state index contributed by atoms with van der Waals surface area (Å²) in [5, 5.41) is 18.2. The van der Waals surface area contributed by atoms with Crippen molar-refractivity contribution >= 4 is 23.2 Å². The van der Waals surface area contributed by atoms with E-state index in [0.717, 1.165) is 0 Å². The fourth-order valence-corrected chi connectivity index (χ4v) is 4.37. The second-order valence-electron chi connectivity index (χ2n) is 9.69. The van der Waals surface area contributed by atoms with Gasteiger partial charge >= 0.3 is 18.0 Å². The molecule has 1 aliphatic heterocycles. The topological polar surface area (TPSA) is 93.7 Å². The number of hydrogen-bond acceptors (Lipinski definition) is 5. The zero-order valence-electron chi connectivity index (χ0n) is 22.1. The summed E-state index contributed by atoms with van der Waals surface area (Å²) in [5.41, 5.74) is 1.76. The van der Waals surface area contributed by atoms with Crippen LogP contribution in [0.4, 0.5) is 42.1 Å². The first-order valence-electron chi connectivity index (χ1n) is 12.9. The molecule has 7 nitrogen and oxygen atoms in total. The van der Waals surface area contributed by atoms with Crippen LogP contribution in [0.3, 0.4) is 0 Å². The Morgan fingerprint density at radius 3 is 2.32 bits per heavy atom. The number of anilines is 2. The van der Waals surface area contributed by atoms with Gasteiger partial charge in [0.1, 0.15) is 0 Å². The van der Waals surface area contributed by atoms with Gasteiger partial charge in [-0.2, -0.15) is 30.7 Å². The summed E-state index contributed by atoms with van der Waals surface area (Å²) in [6.45, 7) is -0.0838. The summed E-state index contributed by atoms with van der Waals surface area (Å²) in [4.78, 5) is 27.1. The average molecular weight is 593 g/mol. The summed E-state index contributed by atoms with van der Waals surface area (Å²) >= 11 is 0. The van der Waals surface area contributed by atoms with E-state index in [-0.39, 0.29) is 17.9 Å². The van der Waals surface area contributed by atoms with Gasteiger partial charge in [-0.15, -0.1) is 0 Å². The number of amides is 2. The predicted octanol–water partition coefficient (Wildman–Crippen LogP) is 4.37. The molecule has 3 rings (SSSR count). The maximum absolute atomic E-state index is 13.7. The Morgan fingerprint density at radius 1 is 1.05 bits per heavy atom. The van der Waals surface area contributed by atoms with E-state index < -0.39 is 49.2 Å². The van der Waals surface area contributed by atoms with Crippen LogP contribution in [0.2, 0.25) is 0 Å². The number of carbonyl (C=O) groups is 2. The van der Waals surface area contributed by atoms with E-state index in [2.05, 4.69) is 10.6 Å². The molecule has 1 heterocycles. The second-order valence-corrected chi connectivity index (χ2v) is 9.69. The third-order valence-corrected chi connectivity index (χ3v) is 6.54. The highest BCUT2D eigenvalue weighted by Gasteiger charge is 2.72. The molecule has 0 bridgehead atoms. The SMILES string of the molecule is CCNc1cc(C(=O)N[C@@H](Cc2ccccc2)[C@@H](O)CNCC(F)(F)C(F)(F)C(F)(F)F)cc(N2CCCC2=O)c1. The van der Waals surface area contributed by atoms with Crippen molar-refractivity contribution in [3.63, 3.8) is 0 Å². The van der Waals surface area contributed by atoms with Gasteiger partial charge in [0.15, 0.2) is 0 Å². The molecule has 226 valence electrons. The first-order chi connectivity index (χ1) is 19.2. The number of benzene rings is 2. The molecule has 1 fully saturated rings. The van der Waals surface area contributed by atoms with E-state index in [9.17, 15) is 45.4 Å². The van der Waals surface area contributed by atoms with Crippen molar-refractivity contribution in [2.45, 2.75) is 56.4 Å². The highest BCUT2D eigenvalue weighted by Crippen LogP contribution is 2.46. The molecule has 0 saturated carbocycles. The fourth-order valence-electron chi connectivity index (χ4n) is 4.37. The zero-order chi connectivity index (χ0) is 30.4. The van der Waals surface area contributed by atoms with E-state index >= 15 is 0 Å². The number of halogens is 7. The van der Waals surface area contributed by atoms with Gasteiger partial charge in [0, 0.05) is 43.0 Å². The van der Waals surface area contributed by atoms with Gasteiger partial charge in [-0.05, 0) is 43.5 Å². The number of nitrogens with one attached hydrogen (secondary N) is 3. The molecule has 0 radical (unpaired) electrons. The van der Waals surface area contributed by atoms with Crippen molar-refractivity contribution < 1.29 is 45.4 Å². The van der Waals surface area contributed by atoms with E-state index in [1.807, 2.05) is 6.92 Å². The van der Waals surface area contributed by atoms with Crippen molar-refractivity contribution in [3.8, 4) is 0 Å². The number of aliphatic hydroxyl groups excluding tert-OH is 1. The lowest BCUT2D eigenvalue weighted by Gasteiger charge is -2.29. The Morgan fingerprint density at radius 2 is 1.73 bits per heavy atom. The molecule has 2 aromatic carbocycles. The van der Waals surface area contributed by atoms with E-state index in [1.165, 1.54) is 17.0 Å². The average Bonchev–Trinajstić information content (AvgIpc) is 3.33. The molecule has 2 aromatic rings. The van der Waals surface area contributed by atoms with Gasteiger partial charge in [-0.3, -0.25) is 9.59 Å². The minimum Gasteiger partial charge on any atom is -0.390 e. The number of carbonyl (C=O) groups excluding carboxylic acids is 2. The highest BCUT2D eigenvalue weighted by atomic mass is 19.4. The first kappa shape index (κ1) is 32.1. The number of hydrogen-bond donors (Lipinski definition) is 4. The van der Waals surface area contributed by atoms with E-state index in [0.29, 0.717) is 42.9 Å². The fraction of sp³-hybridized carbons (Fsp3) is 0.481. The van der Waals surface area contributed by atoms with Crippen LogP contribution < -0.4 is 20.9 Å². The van der Waals surface area contributed by atoms with Crippen LogP contribution in [-0.2, 0) is 11.2 Å². The Balaban J connectivity index is 1.79. The van der Waals surface area contributed by atoms with Crippen LogP contribution >= 0.6 is 0 Å². The van der Waals surface area contributed by atoms with Crippen LogP contribution in [0.5, 0.6) is 0 Å². The molecular weight excluding hydrogens is 561 g/mol. The number of alkyl halides is 7. The molecule has 1 aliphatic rings. The Kier molecular flexibility index (Phi) is 10.2. The van der Waals surface area contributed by atoms with Gasteiger partial charge in [-0.25, -0.2) is 0 Å². The van der Waals surface area contributed by atoms with E-state index in [1.54, 1.807) is 41.7 Å². The lowest BCUT2D eigenvalue weighted by atomic mass is 10.00. The molecule has 2 amide bonds. The van der Waals surface area contributed by atoms with Gasteiger partial charge in [0.05, 0.1) is 18.7 Å². The highest BCUT2D eigenvalue weighted by molar-refractivity contribution is 6.00. The van der Waals surface area contributed by atoms with E-state index in [4.69, 9.17) is 0 Å². The lowest BCUT2D eigenvalue weighted by molar-refractivity contribution is -0.352. The van der Waals surface area contributed by atoms with Gasteiger partial charge in [0.2, 0.25) is 5.91 Å². The summed E-state index contributed by atoms with van der Waals surface area (Å²) in [6.07, 6.45) is -7.14. The Bertz CT molecular complexity index is 1200. The smallest absolute Gasteiger partial charge is 0.390 e. The summed E-state index contributed by atoms with van der Waals surface area (Å²) < 4.78 is 91.2. The number of nitrogens with zero attached hydrogens (tertiary/aromatic N) is 1. The van der Waals surface area contributed by atoms with Gasteiger partial charge < -0.3 is 26.0 Å². The maximum atomic E-state index is 13.7. The molecular formula is C27H31F7N4O3. The summed E-state index contributed by atoms with van der Waals surface area (Å²) in [5.74, 6) is -12.6. The third kappa shape index (κ3) is 7.88. The maximum Gasteiger partial charge on any atom is 0.459 e. The standard InChI is InChI=1S/C27H31F7N4O3/c1-2-36-19-12-18(13-20(14-19)38-10-6-9-23(38)40)24(41)37-21(11-17-7-4-3-5-8-17)22(39)15-35-16-25(28,29)26(30,31)27(32,33)34/h3-5,7-8,12-14,21-22,35-36,39H,2,6,9-11,15-16H2,1H3,(H,37,41)/t21-,22-/m0/s1. The quantitative estimate of drug-likeness (QED) is 0.260. The third-order valence-electron chi connectivity index (χ3n) is 6.54. The molecule has 0 aromatic heterocycles. The molecule has 4 N–H and O–H groups in total.